The van der Waals surface area contributed by atoms with Gasteiger partial charge in [0, 0.05) is 44.6 Å². The van der Waals surface area contributed by atoms with Crippen LogP contribution in [0.1, 0.15) is 35.8 Å². The molecule has 2 aliphatic heterocycles. The molecule has 2 aliphatic rings. The number of aliphatic hydroxyl groups is 1. The predicted molar refractivity (Wildman–Crippen MR) is 119 cm³/mol. The van der Waals surface area contributed by atoms with Gasteiger partial charge in [-0.15, -0.1) is 0 Å². The average molecular weight is 425 g/mol. The number of amides is 2. The van der Waals surface area contributed by atoms with Crippen LogP contribution in [-0.2, 0) is 4.79 Å². The van der Waals surface area contributed by atoms with Gasteiger partial charge in [0.2, 0.25) is 11.8 Å². The quantitative estimate of drug-likeness (QED) is 0.579. The fraction of sp³-hybridized carbons (Fsp3) is 0.409. The van der Waals surface area contributed by atoms with Crippen LogP contribution in [0.2, 0.25) is 0 Å². The van der Waals surface area contributed by atoms with E-state index in [-0.39, 0.29) is 17.9 Å². The second kappa shape index (κ2) is 8.52. The minimum absolute atomic E-state index is 0.273. The molecule has 2 aromatic rings. The molecule has 0 aliphatic carbocycles. The van der Waals surface area contributed by atoms with Crippen molar-refractivity contribution in [2.75, 3.05) is 41.3 Å². The van der Waals surface area contributed by atoms with E-state index in [2.05, 4.69) is 15.5 Å². The molecule has 4 rings (SSSR count). The summed E-state index contributed by atoms with van der Waals surface area (Å²) in [5.41, 5.74) is 7.11. The van der Waals surface area contributed by atoms with Crippen molar-refractivity contribution in [3.8, 4) is 0 Å². The first-order valence-electron chi connectivity index (χ1n) is 10.5. The van der Waals surface area contributed by atoms with Crippen LogP contribution in [0.15, 0.2) is 36.4 Å². The van der Waals surface area contributed by atoms with Crippen molar-refractivity contribution in [2.45, 2.75) is 26.1 Å². The molecule has 1 aromatic heterocycles. The molecule has 1 saturated heterocycles. The molecule has 0 radical (unpaired) electrons. The highest BCUT2D eigenvalue weighted by Gasteiger charge is 2.40. The molecule has 5 N–H and O–H groups in total. The highest BCUT2D eigenvalue weighted by Crippen LogP contribution is 2.42. The van der Waals surface area contributed by atoms with Crippen molar-refractivity contribution < 1.29 is 14.7 Å². The fourth-order valence-electron chi connectivity index (χ4n) is 4.31. The van der Waals surface area contributed by atoms with E-state index in [0.717, 1.165) is 37.6 Å². The molecule has 3 atom stereocenters. The molecule has 0 bridgehead atoms. The number of carbonyl (C=O) groups excluding carboxylic acids is 2. The van der Waals surface area contributed by atoms with E-state index in [9.17, 15) is 14.7 Å². The highest BCUT2D eigenvalue weighted by molar-refractivity contribution is 5.97. The van der Waals surface area contributed by atoms with Crippen LogP contribution in [0.5, 0.6) is 0 Å². The SMILES string of the molecule is CC(=O)N1c2ccc(C(N)=O)cc2[C@H](Nc2cccc(N3CCNCC3)n2)[C@@H](C)[C@@H]1O. The largest absolute Gasteiger partial charge is 0.373 e. The Morgan fingerprint density at radius 2 is 1.97 bits per heavy atom. The minimum atomic E-state index is -1.02. The molecular formula is C22H28N6O3. The zero-order valence-corrected chi connectivity index (χ0v) is 17.7. The summed E-state index contributed by atoms with van der Waals surface area (Å²) in [4.78, 5) is 32.4. The number of nitrogens with one attached hydrogen (secondary N) is 2. The Hall–Kier alpha value is -3.17. The van der Waals surface area contributed by atoms with E-state index in [4.69, 9.17) is 10.7 Å². The standard InChI is InChI=1S/C22H28N6O3/c1-13-20(26-18-4-3-5-19(25-18)27-10-8-24-9-11-27)16-12-15(21(23)30)6-7-17(16)28(14(2)29)22(13)31/h3-7,12-13,20,22,24,31H,8-11H2,1-2H3,(H2,23,30)(H,25,26)/t13-,20-,22+/m1/s1. The second-order valence-corrected chi connectivity index (χ2v) is 8.04. The maximum Gasteiger partial charge on any atom is 0.248 e. The lowest BCUT2D eigenvalue weighted by molar-refractivity contribution is -0.119. The van der Waals surface area contributed by atoms with Gasteiger partial charge in [-0.25, -0.2) is 4.98 Å². The first kappa shape index (κ1) is 21.1. The van der Waals surface area contributed by atoms with Gasteiger partial charge in [0.1, 0.15) is 17.9 Å². The number of nitrogens with two attached hydrogens (primary N) is 1. The lowest BCUT2D eigenvalue weighted by atomic mass is 9.85. The van der Waals surface area contributed by atoms with Crippen molar-refractivity contribution in [2.24, 2.45) is 11.7 Å². The van der Waals surface area contributed by atoms with Gasteiger partial charge in [0.25, 0.3) is 0 Å². The third kappa shape index (κ3) is 4.06. The summed E-state index contributed by atoms with van der Waals surface area (Å²) < 4.78 is 0. The van der Waals surface area contributed by atoms with E-state index >= 15 is 0 Å². The van der Waals surface area contributed by atoms with Crippen molar-refractivity contribution in [1.82, 2.24) is 10.3 Å². The maximum absolute atomic E-state index is 12.3. The summed E-state index contributed by atoms with van der Waals surface area (Å²) in [7, 11) is 0. The van der Waals surface area contributed by atoms with Gasteiger partial charge in [-0.1, -0.05) is 13.0 Å². The molecule has 2 amide bonds. The lowest BCUT2D eigenvalue weighted by Crippen LogP contribution is -2.50. The van der Waals surface area contributed by atoms with Gasteiger partial charge in [-0.3, -0.25) is 14.5 Å². The Kier molecular flexibility index (Phi) is 5.79. The summed E-state index contributed by atoms with van der Waals surface area (Å²) in [5.74, 6) is 0.362. The number of aliphatic hydroxyl groups excluding tert-OH is 1. The van der Waals surface area contributed by atoms with Crippen LogP contribution < -0.4 is 26.2 Å². The molecule has 3 heterocycles. The topological polar surface area (TPSA) is 124 Å². The summed E-state index contributed by atoms with van der Waals surface area (Å²) >= 11 is 0. The molecule has 1 aromatic carbocycles. The molecule has 9 nitrogen and oxygen atoms in total. The van der Waals surface area contributed by atoms with Gasteiger partial charge < -0.3 is 26.4 Å². The molecule has 0 saturated carbocycles. The molecule has 0 spiro atoms. The monoisotopic (exact) mass is 424 g/mol. The van der Waals surface area contributed by atoms with E-state index in [1.165, 1.54) is 11.8 Å². The Bertz CT molecular complexity index is 991. The third-order valence-corrected chi connectivity index (χ3v) is 5.99. The third-order valence-electron chi connectivity index (χ3n) is 5.99. The fourth-order valence-corrected chi connectivity index (χ4v) is 4.31. The molecule has 31 heavy (non-hydrogen) atoms. The van der Waals surface area contributed by atoms with Crippen molar-refractivity contribution >= 4 is 29.1 Å². The van der Waals surface area contributed by atoms with Gasteiger partial charge >= 0.3 is 0 Å². The zero-order valence-electron chi connectivity index (χ0n) is 17.7. The number of carbonyl (C=O) groups is 2. The number of hydrogen-bond acceptors (Lipinski definition) is 7. The van der Waals surface area contributed by atoms with Crippen LogP contribution >= 0.6 is 0 Å². The number of benzene rings is 1. The van der Waals surface area contributed by atoms with Gasteiger partial charge in [0.05, 0.1) is 11.7 Å². The van der Waals surface area contributed by atoms with E-state index in [1.54, 1.807) is 18.2 Å². The van der Waals surface area contributed by atoms with Crippen LogP contribution in [0.4, 0.5) is 17.3 Å². The first-order valence-corrected chi connectivity index (χ1v) is 10.5. The number of rotatable bonds is 4. The lowest BCUT2D eigenvalue weighted by Gasteiger charge is -2.42. The Labute approximate surface area is 181 Å². The minimum Gasteiger partial charge on any atom is -0.373 e. The average Bonchev–Trinajstić information content (AvgIpc) is 2.77. The number of aromatic nitrogens is 1. The molecular weight excluding hydrogens is 396 g/mol. The summed E-state index contributed by atoms with van der Waals surface area (Å²) in [5, 5.41) is 17.6. The first-order chi connectivity index (χ1) is 14.9. The number of primary amides is 1. The van der Waals surface area contributed by atoms with Crippen LogP contribution in [0.3, 0.4) is 0 Å². The Balaban J connectivity index is 1.71. The molecule has 164 valence electrons. The van der Waals surface area contributed by atoms with Gasteiger partial charge in [0.15, 0.2) is 0 Å². The number of piperazine rings is 1. The second-order valence-electron chi connectivity index (χ2n) is 8.04. The van der Waals surface area contributed by atoms with Crippen molar-refractivity contribution in [3.63, 3.8) is 0 Å². The number of fused-ring (bicyclic) bond motifs is 1. The van der Waals surface area contributed by atoms with Crippen LogP contribution in [0.25, 0.3) is 0 Å². The van der Waals surface area contributed by atoms with Crippen LogP contribution in [-0.4, -0.2) is 54.3 Å². The van der Waals surface area contributed by atoms with Gasteiger partial charge in [-0.05, 0) is 35.9 Å². The smallest absolute Gasteiger partial charge is 0.248 e. The van der Waals surface area contributed by atoms with Crippen molar-refractivity contribution in [1.29, 1.82) is 0 Å². The molecule has 9 heteroatoms. The van der Waals surface area contributed by atoms with E-state index in [0.29, 0.717) is 17.1 Å². The van der Waals surface area contributed by atoms with Crippen molar-refractivity contribution in [3.05, 3.63) is 47.5 Å². The highest BCUT2D eigenvalue weighted by atomic mass is 16.3. The number of nitrogens with zero attached hydrogens (tertiary/aromatic N) is 3. The predicted octanol–water partition coefficient (Wildman–Crippen LogP) is 1.06. The number of pyridine rings is 1. The maximum atomic E-state index is 12.3. The van der Waals surface area contributed by atoms with Crippen LogP contribution in [0, 0.1) is 5.92 Å². The number of anilines is 3. The normalized spacial score (nSPS) is 23.3. The zero-order chi connectivity index (χ0) is 22.1. The van der Waals surface area contributed by atoms with E-state index < -0.39 is 12.1 Å². The summed E-state index contributed by atoms with van der Waals surface area (Å²) in [6.45, 7) is 6.86. The molecule has 1 fully saturated rings. The Morgan fingerprint density at radius 1 is 1.23 bits per heavy atom. The summed E-state index contributed by atoms with van der Waals surface area (Å²) in [6, 6.07) is 10.3. The summed E-state index contributed by atoms with van der Waals surface area (Å²) in [6.07, 6.45) is -1.02. The van der Waals surface area contributed by atoms with E-state index in [1.807, 2.05) is 25.1 Å². The molecule has 0 unspecified atom stereocenters. The van der Waals surface area contributed by atoms with Gasteiger partial charge in [-0.2, -0.15) is 0 Å². The Morgan fingerprint density at radius 3 is 2.65 bits per heavy atom. The number of hydrogen-bond donors (Lipinski definition) is 4.